The van der Waals surface area contributed by atoms with E-state index in [1.165, 1.54) is 19.3 Å². The maximum absolute atomic E-state index is 12.9. The van der Waals surface area contributed by atoms with Crippen molar-refractivity contribution in [2.24, 2.45) is 0 Å². The average molecular weight is 489 g/mol. The Hall–Kier alpha value is -2.12. The maximum atomic E-state index is 12.9. The van der Waals surface area contributed by atoms with Crippen LogP contribution in [0.5, 0.6) is 0 Å². The van der Waals surface area contributed by atoms with Gasteiger partial charge in [0.25, 0.3) is 0 Å². The monoisotopic (exact) mass is 488 g/mol. The molecule has 0 spiro atoms. The van der Waals surface area contributed by atoms with Gasteiger partial charge in [0.05, 0.1) is 31.0 Å². The van der Waals surface area contributed by atoms with Crippen molar-refractivity contribution in [3.8, 4) is 0 Å². The number of carbonyl (C=O) groups is 2. The van der Waals surface area contributed by atoms with Gasteiger partial charge in [-0.15, -0.1) is 0 Å². The number of benzene rings is 1. The summed E-state index contributed by atoms with van der Waals surface area (Å²) < 4.78 is 12.4. The fraction of sp³-hybridized carbons (Fsp3) is 0.714. The SMILES string of the molecule is CCCCNC(=O)N(CCO[C@@H]1CCC[C@H](OCc2cccc(C)c2C(=O)O)C1)C1CCCCC1. The van der Waals surface area contributed by atoms with Gasteiger partial charge in [0.2, 0.25) is 0 Å². The van der Waals surface area contributed by atoms with Crippen molar-refractivity contribution < 1.29 is 24.2 Å². The van der Waals surface area contributed by atoms with Crippen molar-refractivity contribution in [3.05, 3.63) is 34.9 Å². The van der Waals surface area contributed by atoms with Gasteiger partial charge in [-0.3, -0.25) is 0 Å². The van der Waals surface area contributed by atoms with Crippen LogP contribution in [0.3, 0.4) is 0 Å². The number of aryl methyl sites for hydroxylation is 1. The molecule has 7 nitrogen and oxygen atoms in total. The van der Waals surface area contributed by atoms with Gasteiger partial charge in [-0.05, 0) is 63.0 Å². The topological polar surface area (TPSA) is 88.1 Å². The Labute approximate surface area is 210 Å². The molecular weight excluding hydrogens is 444 g/mol. The van der Waals surface area contributed by atoms with E-state index in [-0.39, 0.29) is 18.2 Å². The number of carbonyl (C=O) groups excluding carboxylic acids is 1. The van der Waals surface area contributed by atoms with Crippen LogP contribution in [0.2, 0.25) is 0 Å². The molecule has 2 saturated carbocycles. The zero-order valence-corrected chi connectivity index (χ0v) is 21.6. The first-order chi connectivity index (χ1) is 17.0. The van der Waals surface area contributed by atoms with Crippen molar-refractivity contribution in [2.45, 2.75) is 109 Å². The first-order valence-corrected chi connectivity index (χ1v) is 13.6. The summed E-state index contributed by atoms with van der Waals surface area (Å²) in [6.07, 6.45) is 11.8. The molecule has 1 aromatic rings. The Morgan fingerprint density at radius 3 is 2.51 bits per heavy atom. The third kappa shape index (κ3) is 8.50. The highest BCUT2D eigenvalue weighted by molar-refractivity contribution is 5.91. The summed E-state index contributed by atoms with van der Waals surface area (Å²) in [4.78, 5) is 26.5. The number of aromatic carboxylic acids is 1. The van der Waals surface area contributed by atoms with Crippen LogP contribution >= 0.6 is 0 Å². The molecule has 2 fully saturated rings. The Bertz CT molecular complexity index is 809. The van der Waals surface area contributed by atoms with Gasteiger partial charge in [-0.1, -0.05) is 50.8 Å². The van der Waals surface area contributed by atoms with Crippen LogP contribution in [0.15, 0.2) is 18.2 Å². The second-order valence-electron chi connectivity index (χ2n) is 10.1. The van der Waals surface area contributed by atoms with Crippen molar-refractivity contribution >= 4 is 12.0 Å². The zero-order chi connectivity index (χ0) is 25.0. The number of amides is 2. The van der Waals surface area contributed by atoms with Crippen LogP contribution in [-0.4, -0.2) is 60.0 Å². The number of rotatable bonds is 12. The van der Waals surface area contributed by atoms with Crippen LogP contribution in [0.25, 0.3) is 0 Å². The van der Waals surface area contributed by atoms with Gasteiger partial charge >= 0.3 is 12.0 Å². The maximum Gasteiger partial charge on any atom is 0.336 e. The van der Waals surface area contributed by atoms with Crippen molar-refractivity contribution in [2.75, 3.05) is 19.7 Å². The number of hydrogen-bond acceptors (Lipinski definition) is 4. The van der Waals surface area contributed by atoms with Crippen LogP contribution < -0.4 is 5.32 Å². The lowest BCUT2D eigenvalue weighted by Crippen LogP contribution is -2.48. The van der Waals surface area contributed by atoms with E-state index in [0.717, 1.165) is 69.0 Å². The van der Waals surface area contributed by atoms with Crippen molar-refractivity contribution in [1.82, 2.24) is 10.2 Å². The smallest absolute Gasteiger partial charge is 0.336 e. The standard InChI is InChI=1S/C28H44N2O5/c1-3-4-16-29-28(33)30(23-12-6-5-7-13-23)17-18-34-24-14-9-15-25(19-24)35-20-22-11-8-10-21(2)26(22)27(31)32/h8,10-11,23-25H,3-7,9,12-20H2,1-2H3,(H,29,33)(H,31,32)/t24-,25+/m1/s1. The van der Waals surface area contributed by atoms with E-state index in [1.807, 2.05) is 30.0 Å². The predicted octanol–water partition coefficient (Wildman–Crippen LogP) is 5.68. The lowest BCUT2D eigenvalue weighted by Gasteiger charge is -2.35. The van der Waals surface area contributed by atoms with E-state index in [1.54, 1.807) is 0 Å². The molecule has 0 bridgehead atoms. The summed E-state index contributed by atoms with van der Waals surface area (Å²) in [5.41, 5.74) is 1.82. The number of nitrogens with zero attached hydrogens (tertiary/aromatic N) is 1. The van der Waals surface area contributed by atoms with E-state index >= 15 is 0 Å². The third-order valence-corrected chi connectivity index (χ3v) is 7.39. The van der Waals surface area contributed by atoms with E-state index in [0.29, 0.717) is 31.4 Å². The minimum absolute atomic E-state index is 0.0474. The predicted molar refractivity (Wildman–Crippen MR) is 137 cm³/mol. The first kappa shape index (κ1) is 27.5. The molecule has 0 radical (unpaired) electrons. The minimum Gasteiger partial charge on any atom is -0.478 e. The van der Waals surface area contributed by atoms with Crippen LogP contribution in [0.1, 0.15) is 99.0 Å². The summed E-state index contributed by atoms with van der Waals surface area (Å²) >= 11 is 0. The third-order valence-electron chi connectivity index (χ3n) is 7.39. The molecule has 0 heterocycles. The Kier molecular flexibility index (Phi) is 11.3. The zero-order valence-electron chi connectivity index (χ0n) is 21.6. The number of unbranched alkanes of at least 4 members (excludes halogenated alkanes) is 1. The Balaban J connectivity index is 1.47. The Morgan fingerprint density at radius 1 is 1.06 bits per heavy atom. The summed E-state index contributed by atoms with van der Waals surface area (Å²) in [6, 6.07) is 5.89. The lowest BCUT2D eigenvalue weighted by atomic mass is 9.94. The number of carboxylic acid groups (broad SMARTS) is 1. The second-order valence-corrected chi connectivity index (χ2v) is 10.1. The number of nitrogens with one attached hydrogen (secondary N) is 1. The molecule has 2 aliphatic carbocycles. The molecule has 1 aromatic carbocycles. The summed E-state index contributed by atoms with van der Waals surface area (Å²) in [5, 5.41) is 12.6. The van der Waals surface area contributed by atoms with Crippen LogP contribution in [0.4, 0.5) is 4.79 Å². The van der Waals surface area contributed by atoms with Crippen molar-refractivity contribution in [1.29, 1.82) is 0 Å². The summed E-state index contributed by atoms with van der Waals surface area (Å²) in [5.74, 6) is -0.909. The van der Waals surface area contributed by atoms with Crippen LogP contribution in [-0.2, 0) is 16.1 Å². The van der Waals surface area contributed by atoms with Gasteiger partial charge in [-0.25, -0.2) is 9.59 Å². The van der Waals surface area contributed by atoms with Gasteiger partial charge in [0.1, 0.15) is 0 Å². The minimum atomic E-state index is -0.909. The largest absolute Gasteiger partial charge is 0.478 e. The summed E-state index contributed by atoms with van der Waals surface area (Å²) in [6.45, 7) is 6.13. The normalized spacial score (nSPS) is 21.0. The van der Waals surface area contributed by atoms with Gasteiger partial charge in [0.15, 0.2) is 0 Å². The van der Waals surface area contributed by atoms with E-state index in [2.05, 4.69) is 12.2 Å². The average Bonchev–Trinajstić information content (AvgIpc) is 2.86. The molecule has 0 saturated heterocycles. The Morgan fingerprint density at radius 2 is 1.80 bits per heavy atom. The van der Waals surface area contributed by atoms with Crippen molar-refractivity contribution in [3.63, 3.8) is 0 Å². The second kappa shape index (κ2) is 14.4. The molecule has 2 amide bonds. The van der Waals surface area contributed by atoms with Gasteiger partial charge in [-0.2, -0.15) is 0 Å². The highest BCUT2D eigenvalue weighted by Gasteiger charge is 2.27. The molecule has 35 heavy (non-hydrogen) atoms. The van der Waals surface area contributed by atoms with E-state index < -0.39 is 5.97 Å². The molecule has 3 rings (SSSR count). The number of ether oxygens (including phenoxy) is 2. The lowest BCUT2D eigenvalue weighted by molar-refractivity contribution is -0.0537. The molecule has 196 valence electrons. The number of urea groups is 1. The highest BCUT2D eigenvalue weighted by atomic mass is 16.5. The van der Waals surface area contributed by atoms with Gasteiger partial charge < -0.3 is 24.8 Å². The number of carboxylic acids is 1. The molecule has 2 atom stereocenters. The van der Waals surface area contributed by atoms with Gasteiger partial charge in [0, 0.05) is 19.1 Å². The molecule has 0 aliphatic heterocycles. The first-order valence-electron chi connectivity index (χ1n) is 13.6. The molecule has 0 aromatic heterocycles. The number of hydrogen-bond donors (Lipinski definition) is 2. The fourth-order valence-electron chi connectivity index (χ4n) is 5.40. The fourth-order valence-corrected chi connectivity index (χ4v) is 5.40. The summed E-state index contributed by atoms with van der Waals surface area (Å²) in [7, 11) is 0. The van der Waals surface area contributed by atoms with Crippen LogP contribution in [0, 0.1) is 6.92 Å². The highest BCUT2D eigenvalue weighted by Crippen LogP contribution is 2.26. The molecule has 2 aliphatic rings. The molecule has 2 N–H and O–H groups in total. The quantitative estimate of drug-likeness (QED) is 0.370. The molecule has 7 heteroatoms. The molecular formula is C28H44N2O5. The van der Waals surface area contributed by atoms with E-state index in [9.17, 15) is 14.7 Å². The molecule has 0 unspecified atom stereocenters. The van der Waals surface area contributed by atoms with E-state index in [4.69, 9.17) is 9.47 Å².